The number of hydrogen-bond acceptors (Lipinski definition) is 5. The molecule has 0 radical (unpaired) electrons. The monoisotopic (exact) mass is 469 g/mol. The zero-order valence-electron chi connectivity index (χ0n) is 21.0. The first-order valence-corrected chi connectivity index (χ1v) is 11.5. The Bertz CT molecular complexity index is 1340. The Kier molecular flexibility index (Phi) is 6.35. The maximum Gasteiger partial charge on any atom is 0.133 e. The summed E-state index contributed by atoms with van der Waals surface area (Å²) in [4.78, 5) is 2.12. The van der Waals surface area contributed by atoms with Gasteiger partial charge in [-0.05, 0) is 123 Å². The number of nitrogens with zero attached hydrogens (tertiary/aromatic N) is 1. The van der Waals surface area contributed by atoms with Gasteiger partial charge in [0, 0.05) is 23.1 Å². The third-order valence-corrected chi connectivity index (χ3v) is 6.68. The van der Waals surface area contributed by atoms with Crippen molar-refractivity contribution in [1.82, 2.24) is 0 Å². The summed E-state index contributed by atoms with van der Waals surface area (Å²) in [6.07, 6.45) is 0. The van der Waals surface area contributed by atoms with E-state index in [-0.39, 0.29) is 17.2 Å². The molecule has 0 amide bonds. The minimum atomic E-state index is 0.212. The predicted molar refractivity (Wildman–Crippen MR) is 141 cm³/mol. The van der Waals surface area contributed by atoms with E-state index in [0.29, 0.717) is 11.5 Å². The molecule has 0 heterocycles. The molecule has 0 fully saturated rings. The van der Waals surface area contributed by atoms with Crippen LogP contribution in [0.1, 0.15) is 33.4 Å². The molecule has 180 valence electrons. The van der Waals surface area contributed by atoms with E-state index in [1.54, 1.807) is 24.3 Å². The zero-order chi connectivity index (χ0) is 25.4. The lowest BCUT2D eigenvalue weighted by atomic mass is 10.0. The number of benzene rings is 4. The highest BCUT2D eigenvalue weighted by atomic mass is 16.5. The quantitative estimate of drug-likeness (QED) is 0.277. The van der Waals surface area contributed by atoms with E-state index in [2.05, 4.69) is 4.90 Å². The Morgan fingerprint density at radius 3 is 1.63 bits per heavy atom. The summed E-state index contributed by atoms with van der Waals surface area (Å²) >= 11 is 0. The molecule has 0 atom stereocenters. The predicted octanol–water partition coefficient (Wildman–Crippen LogP) is 7.92. The van der Waals surface area contributed by atoms with Crippen LogP contribution in [0.5, 0.6) is 28.7 Å². The molecule has 4 aromatic carbocycles. The molecule has 3 N–H and O–H groups in total. The maximum absolute atomic E-state index is 10.3. The van der Waals surface area contributed by atoms with Crippen LogP contribution in [0.2, 0.25) is 0 Å². The van der Waals surface area contributed by atoms with Gasteiger partial charge in [0.05, 0.1) is 0 Å². The van der Waals surface area contributed by atoms with E-state index >= 15 is 0 Å². The number of anilines is 3. The van der Waals surface area contributed by atoms with Crippen LogP contribution in [0.3, 0.4) is 0 Å². The lowest BCUT2D eigenvalue weighted by molar-refractivity contribution is 0.458. The number of phenols is 3. The zero-order valence-corrected chi connectivity index (χ0v) is 21.0. The van der Waals surface area contributed by atoms with Crippen molar-refractivity contribution in [1.29, 1.82) is 0 Å². The number of phenolic OH excluding ortho intramolecular Hbond substituents is 3. The van der Waals surface area contributed by atoms with Crippen LogP contribution >= 0.6 is 0 Å². The van der Waals surface area contributed by atoms with Crippen molar-refractivity contribution in [3.8, 4) is 28.7 Å². The Labute approximate surface area is 206 Å². The van der Waals surface area contributed by atoms with Crippen molar-refractivity contribution in [3.63, 3.8) is 0 Å². The Balaban J connectivity index is 1.89. The van der Waals surface area contributed by atoms with Crippen molar-refractivity contribution in [2.24, 2.45) is 0 Å². The summed E-state index contributed by atoms with van der Waals surface area (Å²) in [6, 6.07) is 18.4. The smallest absolute Gasteiger partial charge is 0.133 e. The lowest BCUT2D eigenvalue weighted by Crippen LogP contribution is -2.14. The van der Waals surface area contributed by atoms with Crippen molar-refractivity contribution >= 4 is 17.1 Å². The fourth-order valence-electron chi connectivity index (χ4n) is 4.37. The van der Waals surface area contributed by atoms with Gasteiger partial charge in [0.25, 0.3) is 0 Å². The van der Waals surface area contributed by atoms with Crippen LogP contribution in [0.4, 0.5) is 17.1 Å². The molecule has 5 heteroatoms. The number of hydrogen-bond donors (Lipinski definition) is 3. The Morgan fingerprint density at radius 1 is 0.600 bits per heavy atom. The standard InChI is InChI=1S/C30H31NO4/c1-17-14-24(32)15-18(2)30(17)35-25-9-7-8-23(16-25)31(26-10-12-28(33)21(5)19(26)3)27-11-13-29(34)22(6)20(27)4/h7-16,32-34H,1-6H3. The van der Waals surface area contributed by atoms with Crippen molar-refractivity contribution in [3.05, 3.63) is 94.0 Å². The van der Waals surface area contributed by atoms with E-state index in [4.69, 9.17) is 4.74 Å². The summed E-state index contributed by atoms with van der Waals surface area (Å²) in [7, 11) is 0. The summed E-state index contributed by atoms with van der Waals surface area (Å²) < 4.78 is 6.29. The first kappa shape index (κ1) is 24.0. The Hall–Kier alpha value is -4.12. The second-order valence-corrected chi connectivity index (χ2v) is 9.05. The molecule has 0 aliphatic heterocycles. The first-order chi connectivity index (χ1) is 16.6. The molecule has 0 unspecified atom stereocenters. The molecule has 0 aliphatic carbocycles. The molecule has 0 bridgehead atoms. The van der Waals surface area contributed by atoms with Crippen LogP contribution in [-0.2, 0) is 0 Å². The third kappa shape index (κ3) is 4.50. The van der Waals surface area contributed by atoms with E-state index in [1.165, 1.54) is 0 Å². The summed E-state index contributed by atoms with van der Waals surface area (Å²) in [5, 5.41) is 30.4. The molecule has 5 nitrogen and oxygen atoms in total. The molecule has 35 heavy (non-hydrogen) atoms. The van der Waals surface area contributed by atoms with E-state index in [1.807, 2.05) is 77.9 Å². The molecule has 0 aromatic heterocycles. The van der Waals surface area contributed by atoms with Crippen LogP contribution in [0.25, 0.3) is 0 Å². The number of ether oxygens (including phenoxy) is 1. The molecule has 0 spiro atoms. The fraction of sp³-hybridized carbons (Fsp3) is 0.200. The van der Waals surface area contributed by atoms with Gasteiger partial charge in [-0.3, -0.25) is 0 Å². The van der Waals surface area contributed by atoms with Crippen molar-refractivity contribution < 1.29 is 20.1 Å². The summed E-state index contributed by atoms with van der Waals surface area (Å²) in [5.41, 5.74) is 7.92. The topological polar surface area (TPSA) is 73.2 Å². The number of aromatic hydroxyl groups is 3. The van der Waals surface area contributed by atoms with Crippen molar-refractivity contribution in [2.45, 2.75) is 41.5 Å². The third-order valence-electron chi connectivity index (χ3n) is 6.68. The van der Waals surface area contributed by atoms with E-state index < -0.39 is 0 Å². The highest BCUT2D eigenvalue weighted by Gasteiger charge is 2.21. The first-order valence-electron chi connectivity index (χ1n) is 11.5. The van der Waals surface area contributed by atoms with Gasteiger partial charge in [0.2, 0.25) is 0 Å². The largest absolute Gasteiger partial charge is 0.508 e. The maximum atomic E-state index is 10.3. The number of aryl methyl sites for hydroxylation is 2. The second kappa shape index (κ2) is 9.26. The van der Waals surface area contributed by atoms with Crippen LogP contribution in [0, 0.1) is 41.5 Å². The van der Waals surface area contributed by atoms with Gasteiger partial charge >= 0.3 is 0 Å². The SMILES string of the molecule is Cc1cc(O)cc(C)c1Oc1cccc(N(c2ccc(O)c(C)c2C)c2ccc(O)c(C)c2C)c1. The van der Waals surface area contributed by atoms with E-state index in [9.17, 15) is 15.3 Å². The van der Waals surface area contributed by atoms with Gasteiger partial charge in [-0.25, -0.2) is 0 Å². The van der Waals surface area contributed by atoms with Gasteiger partial charge in [-0.2, -0.15) is 0 Å². The Morgan fingerprint density at radius 2 is 1.11 bits per heavy atom. The minimum absolute atomic E-state index is 0.212. The minimum Gasteiger partial charge on any atom is -0.508 e. The van der Waals surface area contributed by atoms with Gasteiger partial charge in [0.1, 0.15) is 28.7 Å². The summed E-state index contributed by atoms with van der Waals surface area (Å²) in [6.45, 7) is 11.6. The fourth-order valence-corrected chi connectivity index (χ4v) is 4.37. The van der Waals surface area contributed by atoms with Crippen molar-refractivity contribution in [2.75, 3.05) is 4.90 Å². The molecule has 4 aromatic rings. The van der Waals surface area contributed by atoms with E-state index in [0.717, 1.165) is 50.4 Å². The van der Waals surface area contributed by atoms with Gasteiger partial charge in [-0.15, -0.1) is 0 Å². The molecular weight excluding hydrogens is 438 g/mol. The molecule has 0 aliphatic rings. The molecular formula is C30H31NO4. The van der Waals surface area contributed by atoms with Crippen LogP contribution < -0.4 is 9.64 Å². The van der Waals surface area contributed by atoms with Gasteiger partial charge < -0.3 is 25.0 Å². The number of rotatable bonds is 5. The average molecular weight is 470 g/mol. The highest BCUT2D eigenvalue weighted by Crippen LogP contribution is 2.43. The lowest BCUT2D eigenvalue weighted by Gasteiger charge is -2.30. The molecule has 0 saturated carbocycles. The summed E-state index contributed by atoms with van der Waals surface area (Å²) in [5.74, 6) is 2.08. The van der Waals surface area contributed by atoms with Crippen LogP contribution in [0.15, 0.2) is 60.7 Å². The van der Waals surface area contributed by atoms with Gasteiger partial charge in [-0.1, -0.05) is 6.07 Å². The molecule has 4 rings (SSSR count). The second-order valence-electron chi connectivity index (χ2n) is 9.05. The average Bonchev–Trinajstić information content (AvgIpc) is 2.81. The highest BCUT2D eigenvalue weighted by molar-refractivity contribution is 5.82. The van der Waals surface area contributed by atoms with Gasteiger partial charge in [0.15, 0.2) is 0 Å². The molecule has 0 saturated heterocycles. The van der Waals surface area contributed by atoms with Crippen LogP contribution in [-0.4, -0.2) is 15.3 Å². The normalized spacial score (nSPS) is 10.9.